The van der Waals surface area contributed by atoms with Gasteiger partial charge in [-0.2, -0.15) is 11.8 Å². The summed E-state index contributed by atoms with van der Waals surface area (Å²) < 4.78 is 0. The van der Waals surface area contributed by atoms with Crippen LogP contribution in [0.15, 0.2) is 0 Å². The number of hydrogen-bond donors (Lipinski definition) is 2. The second-order valence-corrected chi connectivity index (χ2v) is 4.20. The molecule has 0 radical (unpaired) electrons. The van der Waals surface area contributed by atoms with Crippen molar-refractivity contribution in [3.63, 3.8) is 0 Å². The number of carbonyl (C=O) groups is 1. The molecule has 1 saturated heterocycles. The zero-order valence-electron chi connectivity index (χ0n) is 7.25. The lowest BCUT2D eigenvalue weighted by molar-refractivity contribution is 0.199. The Labute approximate surface area is 76.8 Å². The van der Waals surface area contributed by atoms with Crippen molar-refractivity contribution in [2.75, 3.05) is 18.8 Å². The largest absolute Gasteiger partial charge is 0.331 e. The van der Waals surface area contributed by atoms with Crippen molar-refractivity contribution in [2.45, 2.75) is 18.6 Å². The molecule has 0 spiro atoms. The van der Waals surface area contributed by atoms with E-state index in [1.54, 1.807) is 4.90 Å². The van der Waals surface area contributed by atoms with E-state index in [1.165, 1.54) is 0 Å². The molecule has 5 heteroatoms. The summed E-state index contributed by atoms with van der Waals surface area (Å²) in [6.07, 6.45) is 1.11. The van der Waals surface area contributed by atoms with E-state index in [9.17, 15) is 4.79 Å². The maximum Gasteiger partial charge on any atom is 0.331 e. The Bertz CT molecular complexity index is 165. The average molecular weight is 189 g/mol. The van der Waals surface area contributed by atoms with Crippen molar-refractivity contribution in [3.05, 3.63) is 0 Å². The van der Waals surface area contributed by atoms with Crippen molar-refractivity contribution in [3.8, 4) is 0 Å². The quantitative estimate of drug-likeness (QED) is 0.356. The SMILES string of the molecule is CCC1CN(C(=O)NN)CCS1. The molecular formula is C7H15N3OS. The van der Waals surface area contributed by atoms with E-state index in [2.05, 4.69) is 12.3 Å². The predicted molar refractivity (Wildman–Crippen MR) is 50.8 cm³/mol. The van der Waals surface area contributed by atoms with Crippen molar-refractivity contribution in [1.82, 2.24) is 10.3 Å². The second-order valence-electron chi connectivity index (χ2n) is 2.80. The molecule has 0 bridgehead atoms. The van der Waals surface area contributed by atoms with Gasteiger partial charge in [-0.15, -0.1) is 0 Å². The number of hydrogen-bond acceptors (Lipinski definition) is 3. The summed E-state index contributed by atoms with van der Waals surface area (Å²) in [5.74, 6) is 6.06. The topological polar surface area (TPSA) is 58.4 Å². The fraction of sp³-hybridized carbons (Fsp3) is 0.857. The van der Waals surface area contributed by atoms with Gasteiger partial charge in [0.15, 0.2) is 0 Å². The van der Waals surface area contributed by atoms with Gasteiger partial charge in [0.05, 0.1) is 0 Å². The molecule has 1 unspecified atom stereocenters. The van der Waals surface area contributed by atoms with E-state index in [1.807, 2.05) is 11.8 Å². The Morgan fingerprint density at radius 1 is 1.83 bits per heavy atom. The summed E-state index contributed by atoms with van der Waals surface area (Å²) in [5.41, 5.74) is 2.16. The average Bonchev–Trinajstić information content (AvgIpc) is 2.17. The first-order chi connectivity index (χ1) is 5.77. The van der Waals surface area contributed by atoms with Crippen LogP contribution in [0.1, 0.15) is 13.3 Å². The van der Waals surface area contributed by atoms with E-state index in [-0.39, 0.29) is 6.03 Å². The van der Waals surface area contributed by atoms with Crippen LogP contribution < -0.4 is 11.3 Å². The summed E-state index contributed by atoms with van der Waals surface area (Å²) in [4.78, 5) is 12.9. The van der Waals surface area contributed by atoms with E-state index in [0.29, 0.717) is 5.25 Å². The van der Waals surface area contributed by atoms with Gasteiger partial charge in [0.1, 0.15) is 0 Å². The molecule has 3 N–H and O–H groups in total. The lowest BCUT2D eigenvalue weighted by Crippen LogP contribution is -2.48. The number of carbonyl (C=O) groups excluding carboxylic acids is 1. The molecule has 0 aromatic carbocycles. The summed E-state index contributed by atoms with van der Waals surface area (Å²) >= 11 is 1.93. The van der Waals surface area contributed by atoms with Crippen LogP contribution in [0, 0.1) is 0 Å². The highest BCUT2D eigenvalue weighted by Gasteiger charge is 2.21. The molecule has 2 amide bonds. The first-order valence-corrected chi connectivity index (χ1v) is 5.20. The van der Waals surface area contributed by atoms with Gasteiger partial charge in [0, 0.05) is 24.1 Å². The Hall–Kier alpha value is -0.420. The minimum Gasteiger partial charge on any atom is -0.322 e. The van der Waals surface area contributed by atoms with Crippen LogP contribution in [0.3, 0.4) is 0 Å². The van der Waals surface area contributed by atoms with E-state index in [0.717, 1.165) is 25.3 Å². The molecule has 1 heterocycles. The molecule has 4 nitrogen and oxygen atoms in total. The first kappa shape index (κ1) is 9.67. The zero-order chi connectivity index (χ0) is 8.97. The number of hydrazine groups is 1. The van der Waals surface area contributed by atoms with Gasteiger partial charge in [-0.25, -0.2) is 10.6 Å². The number of thioether (sulfide) groups is 1. The number of amides is 2. The third kappa shape index (κ3) is 2.28. The van der Waals surface area contributed by atoms with Gasteiger partial charge in [0.25, 0.3) is 0 Å². The Kier molecular flexibility index (Phi) is 3.68. The molecule has 1 rings (SSSR count). The van der Waals surface area contributed by atoms with Gasteiger partial charge in [-0.05, 0) is 6.42 Å². The van der Waals surface area contributed by atoms with Gasteiger partial charge in [-0.1, -0.05) is 6.92 Å². The third-order valence-electron chi connectivity index (χ3n) is 2.00. The summed E-state index contributed by atoms with van der Waals surface area (Å²) in [6, 6.07) is -0.159. The summed E-state index contributed by atoms with van der Waals surface area (Å²) in [5, 5.41) is 0.580. The smallest absolute Gasteiger partial charge is 0.322 e. The van der Waals surface area contributed by atoms with Gasteiger partial charge in [-0.3, -0.25) is 5.43 Å². The zero-order valence-corrected chi connectivity index (χ0v) is 8.06. The van der Waals surface area contributed by atoms with Crippen molar-refractivity contribution >= 4 is 17.8 Å². The van der Waals surface area contributed by atoms with Crippen LogP contribution >= 0.6 is 11.8 Å². The van der Waals surface area contributed by atoms with Crippen molar-refractivity contribution < 1.29 is 4.79 Å². The minimum atomic E-state index is -0.159. The molecule has 1 atom stereocenters. The number of rotatable bonds is 1. The number of nitrogens with two attached hydrogens (primary N) is 1. The number of nitrogens with one attached hydrogen (secondary N) is 1. The number of urea groups is 1. The Balaban J connectivity index is 2.40. The monoisotopic (exact) mass is 189 g/mol. The third-order valence-corrected chi connectivity index (χ3v) is 3.38. The van der Waals surface area contributed by atoms with Crippen LogP contribution in [-0.2, 0) is 0 Å². The van der Waals surface area contributed by atoms with Gasteiger partial charge in [0.2, 0.25) is 0 Å². The molecule has 1 aliphatic rings. The molecule has 1 fully saturated rings. The molecule has 12 heavy (non-hydrogen) atoms. The van der Waals surface area contributed by atoms with Crippen LogP contribution in [-0.4, -0.2) is 35.0 Å². The van der Waals surface area contributed by atoms with Gasteiger partial charge >= 0.3 is 6.03 Å². The maximum atomic E-state index is 11.1. The fourth-order valence-corrected chi connectivity index (χ4v) is 2.42. The van der Waals surface area contributed by atoms with Crippen LogP contribution in [0.25, 0.3) is 0 Å². The molecule has 0 aromatic heterocycles. The highest BCUT2D eigenvalue weighted by Crippen LogP contribution is 2.20. The standard InChI is InChI=1S/C7H15N3OS/c1-2-6-5-10(3-4-12-6)7(11)9-8/h6H,2-5,8H2,1H3,(H,9,11). The number of nitrogens with zero attached hydrogens (tertiary/aromatic N) is 1. The van der Waals surface area contributed by atoms with E-state index in [4.69, 9.17) is 5.84 Å². The van der Waals surface area contributed by atoms with Gasteiger partial charge < -0.3 is 4.90 Å². The van der Waals surface area contributed by atoms with Crippen LogP contribution in [0.2, 0.25) is 0 Å². The van der Waals surface area contributed by atoms with Crippen LogP contribution in [0.4, 0.5) is 4.79 Å². The maximum absolute atomic E-state index is 11.1. The first-order valence-electron chi connectivity index (χ1n) is 4.15. The fourth-order valence-electron chi connectivity index (χ4n) is 1.24. The Morgan fingerprint density at radius 2 is 2.58 bits per heavy atom. The van der Waals surface area contributed by atoms with Crippen molar-refractivity contribution in [2.24, 2.45) is 5.84 Å². The highest BCUT2D eigenvalue weighted by molar-refractivity contribution is 8.00. The predicted octanol–water partition coefficient (Wildman–Crippen LogP) is 0.397. The summed E-state index contributed by atoms with van der Waals surface area (Å²) in [6.45, 7) is 3.77. The van der Waals surface area contributed by atoms with Crippen molar-refractivity contribution in [1.29, 1.82) is 0 Å². The molecule has 0 aliphatic carbocycles. The van der Waals surface area contributed by atoms with E-state index < -0.39 is 0 Å². The normalized spacial score (nSPS) is 23.8. The molecule has 0 saturated carbocycles. The molecular weight excluding hydrogens is 174 g/mol. The van der Waals surface area contributed by atoms with Crippen LogP contribution in [0.5, 0.6) is 0 Å². The lowest BCUT2D eigenvalue weighted by Gasteiger charge is -2.31. The minimum absolute atomic E-state index is 0.159. The summed E-state index contributed by atoms with van der Waals surface area (Å²) in [7, 11) is 0. The lowest BCUT2D eigenvalue weighted by atomic mass is 10.3. The molecule has 0 aromatic rings. The highest BCUT2D eigenvalue weighted by atomic mass is 32.2. The van der Waals surface area contributed by atoms with E-state index >= 15 is 0 Å². The Morgan fingerprint density at radius 3 is 3.17 bits per heavy atom. The second kappa shape index (κ2) is 4.57. The molecule has 1 aliphatic heterocycles. The molecule has 70 valence electrons.